The largest absolute Gasteiger partial charge is 0.377 e. The minimum atomic E-state index is -0.548. The maximum atomic E-state index is 13.2. The summed E-state index contributed by atoms with van der Waals surface area (Å²) in [5, 5.41) is 3.14. The second-order valence-electron chi connectivity index (χ2n) is 6.36. The van der Waals surface area contributed by atoms with E-state index < -0.39 is 6.04 Å². The van der Waals surface area contributed by atoms with Gasteiger partial charge in [-0.05, 0) is 38.0 Å². The molecule has 0 fully saturated rings. The number of Topliss-reactive ketones (excluding diaryl/α,β-unsaturated/α-hetero) is 1. The van der Waals surface area contributed by atoms with Crippen molar-refractivity contribution >= 4 is 28.7 Å². The molecule has 0 saturated heterocycles. The van der Waals surface area contributed by atoms with Crippen molar-refractivity contribution in [3.63, 3.8) is 0 Å². The third-order valence-corrected chi connectivity index (χ3v) is 4.66. The van der Waals surface area contributed by atoms with Gasteiger partial charge in [0.25, 0.3) is 6.04 Å². The first-order valence-electron chi connectivity index (χ1n) is 8.42. The van der Waals surface area contributed by atoms with E-state index >= 15 is 0 Å². The lowest BCUT2D eigenvalue weighted by atomic mass is 9.99. The van der Waals surface area contributed by atoms with Crippen LogP contribution < -0.4 is 14.8 Å². The van der Waals surface area contributed by atoms with Crippen molar-refractivity contribution in [3.05, 3.63) is 59.4 Å². The van der Waals surface area contributed by atoms with E-state index in [0.717, 1.165) is 11.3 Å². The number of aromatic nitrogens is 1. The monoisotopic (exact) mass is 356 g/mol. The lowest BCUT2D eigenvalue weighted by Gasteiger charge is -2.16. The minimum absolute atomic E-state index is 0.00310. The Morgan fingerprint density at radius 3 is 2.32 bits per heavy atom. The van der Waals surface area contributed by atoms with Gasteiger partial charge in [-0.15, -0.1) is 0 Å². The fraction of sp³-hybridized carbons (Fsp3) is 0.350. The number of nitrogens with zero attached hydrogens (tertiary/aromatic N) is 2. The number of nitrogens with one attached hydrogen (secondary N) is 1. The third kappa shape index (κ3) is 4.42. The molecule has 5 heteroatoms. The summed E-state index contributed by atoms with van der Waals surface area (Å²) in [6.07, 6.45) is 3.81. The van der Waals surface area contributed by atoms with E-state index in [1.807, 2.05) is 87.1 Å². The zero-order valence-corrected chi connectivity index (χ0v) is 16.4. The van der Waals surface area contributed by atoms with Gasteiger partial charge in [-0.3, -0.25) is 4.79 Å². The number of thiocarbonyl (C=S) groups is 1. The molecule has 2 aromatic rings. The molecule has 0 aliphatic rings. The van der Waals surface area contributed by atoms with Crippen molar-refractivity contribution in [3.8, 4) is 0 Å². The quantitative estimate of drug-likeness (QED) is 0.490. The summed E-state index contributed by atoms with van der Waals surface area (Å²) in [4.78, 5) is 15.7. The molecule has 2 rings (SSSR count). The summed E-state index contributed by atoms with van der Waals surface area (Å²) >= 11 is 5.51. The summed E-state index contributed by atoms with van der Waals surface area (Å²) in [6.45, 7) is 6.72. The standard InChI is InChI=1S/C20H25N3OS/c1-6-21-20(25)18(23-11-9-17(10-12-23)22(4)5)19(24)16-8-7-14(2)15(3)13-16/h7-13,18H,6H2,1-5H3/p+1. The number of carbonyl (C=O) groups excluding carboxylic acids is 1. The molecular formula is C20H26N3OS+. The average Bonchev–Trinajstić information content (AvgIpc) is 2.58. The molecule has 25 heavy (non-hydrogen) atoms. The van der Waals surface area contributed by atoms with Crippen molar-refractivity contribution in [2.45, 2.75) is 26.8 Å². The smallest absolute Gasteiger partial charge is 0.270 e. The van der Waals surface area contributed by atoms with Gasteiger partial charge in [0.1, 0.15) is 0 Å². The van der Waals surface area contributed by atoms with Crippen LogP contribution >= 0.6 is 12.2 Å². The molecule has 0 bridgehead atoms. The lowest BCUT2D eigenvalue weighted by Crippen LogP contribution is -2.51. The van der Waals surface area contributed by atoms with Crippen LogP contribution in [0, 0.1) is 13.8 Å². The fourth-order valence-electron chi connectivity index (χ4n) is 2.61. The predicted octanol–water partition coefficient (Wildman–Crippen LogP) is 3.02. The van der Waals surface area contributed by atoms with Gasteiger partial charge in [0.15, 0.2) is 17.4 Å². The van der Waals surface area contributed by atoms with Gasteiger partial charge in [-0.25, -0.2) is 0 Å². The van der Waals surface area contributed by atoms with Crippen molar-refractivity contribution in [2.75, 3.05) is 25.5 Å². The molecule has 1 N–H and O–H groups in total. The average molecular weight is 357 g/mol. The Labute approximate surface area is 155 Å². The number of likely N-dealkylation sites (N-methyl/N-ethyl adjacent to an activating group) is 1. The first-order valence-corrected chi connectivity index (χ1v) is 8.83. The number of ketones is 1. The van der Waals surface area contributed by atoms with E-state index in [1.54, 1.807) is 0 Å². The molecule has 0 saturated carbocycles. The fourth-order valence-corrected chi connectivity index (χ4v) is 2.99. The number of hydrogen-bond donors (Lipinski definition) is 1. The molecule has 0 aliphatic heterocycles. The number of carbonyl (C=O) groups is 1. The first kappa shape index (κ1) is 19.1. The Morgan fingerprint density at radius 2 is 1.80 bits per heavy atom. The van der Waals surface area contributed by atoms with Gasteiger partial charge >= 0.3 is 0 Å². The van der Waals surface area contributed by atoms with E-state index in [0.29, 0.717) is 17.1 Å². The summed E-state index contributed by atoms with van der Waals surface area (Å²) in [6, 6.07) is 9.21. The topological polar surface area (TPSA) is 36.2 Å². The van der Waals surface area contributed by atoms with Crippen molar-refractivity contribution in [2.24, 2.45) is 0 Å². The van der Waals surface area contributed by atoms with Crippen molar-refractivity contribution < 1.29 is 9.36 Å². The maximum absolute atomic E-state index is 13.2. The van der Waals surface area contributed by atoms with Gasteiger partial charge in [0, 0.05) is 44.0 Å². The SMILES string of the molecule is CCNC(=S)C(C(=O)c1ccc(C)c(C)c1)[n+]1ccc(N(C)C)cc1. The summed E-state index contributed by atoms with van der Waals surface area (Å²) < 4.78 is 1.87. The Morgan fingerprint density at radius 1 is 1.16 bits per heavy atom. The molecule has 1 atom stereocenters. The van der Waals surface area contributed by atoms with Gasteiger partial charge in [-0.2, -0.15) is 4.57 Å². The maximum Gasteiger partial charge on any atom is 0.270 e. The van der Waals surface area contributed by atoms with E-state index in [2.05, 4.69) is 5.32 Å². The summed E-state index contributed by atoms with van der Waals surface area (Å²) in [5.74, 6) is -0.00310. The normalized spacial score (nSPS) is 11.7. The molecule has 4 nitrogen and oxygen atoms in total. The Balaban J connectivity index is 2.42. The molecule has 1 aromatic carbocycles. The zero-order valence-electron chi connectivity index (χ0n) is 15.5. The van der Waals surface area contributed by atoms with E-state index in [4.69, 9.17) is 12.2 Å². The Kier molecular flexibility index (Phi) is 6.26. The van der Waals surface area contributed by atoms with Gasteiger partial charge < -0.3 is 10.2 Å². The predicted molar refractivity (Wildman–Crippen MR) is 107 cm³/mol. The summed E-state index contributed by atoms with van der Waals surface area (Å²) in [5.41, 5.74) is 4.03. The van der Waals surface area contributed by atoms with E-state index in [-0.39, 0.29) is 5.78 Å². The zero-order chi connectivity index (χ0) is 18.6. The highest BCUT2D eigenvalue weighted by atomic mass is 32.1. The second kappa shape index (κ2) is 8.21. The van der Waals surface area contributed by atoms with E-state index in [9.17, 15) is 4.79 Å². The van der Waals surface area contributed by atoms with Crippen molar-refractivity contribution in [1.29, 1.82) is 0 Å². The van der Waals surface area contributed by atoms with Crippen LogP contribution in [-0.4, -0.2) is 31.4 Å². The van der Waals surface area contributed by atoms with E-state index in [1.165, 1.54) is 5.56 Å². The number of pyridine rings is 1. The van der Waals surface area contributed by atoms with Gasteiger partial charge in [-0.1, -0.05) is 24.4 Å². The number of rotatable bonds is 6. The van der Waals surface area contributed by atoms with Gasteiger partial charge in [0.2, 0.25) is 5.78 Å². The molecule has 0 amide bonds. The van der Waals surface area contributed by atoms with Crippen LogP contribution in [0.5, 0.6) is 0 Å². The second-order valence-corrected chi connectivity index (χ2v) is 6.80. The minimum Gasteiger partial charge on any atom is -0.377 e. The first-order chi connectivity index (χ1) is 11.8. The molecular weight excluding hydrogens is 330 g/mol. The van der Waals surface area contributed by atoms with Crippen LogP contribution in [-0.2, 0) is 0 Å². The van der Waals surface area contributed by atoms with Gasteiger partial charge in [0.05, 0.1) is 0 Å². The molecule has 1 unspecified atom stereocenters. The van der Waals surface area contributed by atoms with Crippen LogP contribution in [0.15, 0.2) is 42.7 Å². The molecule has 1 heterocycles. The third-order valence-electron chi connectivity index (χ3n) is 4.29. The molecule has 132 valence electrons. The lowest BCUT2D eigenvalue weighted by molar-refractivity contribution is -0.692. The number of aryl methyl sites for hydroxylation is 2. The Hall–Kier alpha value is -2.27. The van der Waals surface area contributed by atoms with Crippen LogP contribution in [0.4, 0.5) is 5.69 Å². The highest BCUT2D eigenvalue weighted by Gasteiger charge is 2.33. The molecule has 0 radical (unpaired) electrons. The molecule has 1 aromatic heterocycles. The number of benzene rings is 1. The van der Waals surface area contributed by atoms with Crippen LogP contribution in [0.1, 0.15) is 34.5 Å². The number of anilines is 1. The summed E-state index contributed by atoms with van der Waals surface area (Å²) in [7, 11) is 3.97. The highest BCUT2D eigenvalue weighted by molar-refractivity contribution is 7.80. The Bertz CT molecular complexity index is 769. The highest BCUT2D eigenvalue weighted by Crippen LogP contribution is 2.16. The van der Waals surface area contributed by atoms with Crippen molar-refractivity contribution in [1.82, 2.24) is 5.32 Å². The number of hydrogen-bond acceptors (Lipinski definition) is 3. The molecule has 0 spiro atoms. The van der Waals surface area contributed by atoms with Crippen LogP contribution in [0.2, 0.25) is 0 Å². The molecule has 0 aliphatic carbocycles. The van der Waals surface area contributed by atoms with Crippen LogP contribution in [0.3, 0.4) is 0 Å². The van der Waals surface area contributed by atoms with Crippen LogP contribution in [0.25, 0.3) is 0 Å².